The van der Waals surface area contributed by atoms with Gasteiger partial charge in [-0.2, -0.15) is 13.2 Å². The van der Waals surface area contributed by atoms with Gasteiger partial charge in [0, 0.05) is 23.4 Å². The molecule has 1 aromatic carbocycles. The molecule has 0 bridgehead atoms. The van der Waals surface area contributed by atoms with Crippen molar-refractivity contribution in [2.45, 2.75) is 24.6 Å². The van der Waals surface area contributed by atoms with E-state index in [2.05, 4.69) is 21.2 Å². The fraction of sp³-hybridized carbons (Fsp3) is 0.462. The minimum atomic E-state index is -4.50. The van der Waals surface area contributed by atoms with Gasteiger partial charge in [0.05, 0.1) is 5.56 Å². The summed E-state index contributed by atoms with van der Waals surface area (Å²) in [7, 11) is 0. The van der Waals surface area contributed by atoms with Gasteiger partial charge in [-0.25, -0.2) is 0 Å². The number of carbonyl (C=O) groups is 1. The Balaban J connectivity index is 2.18. The normalized spacial score (nSPS) is 18.3. The van der Waals surface area contributed by atoms with Crippen LogP contribution in [0.3, 0.4) is 0 Å². The number of halogens is 4. The van der Waals surface area contributed by atoms with Gasteiger partial charge in [0.1, 0.15) is 5.54 Å². The summed E-state index contributed by atoms with van der Waals surface area (Å²) < 4.78 is 43.5. The molecule has 8 heteroatoms. The Morgan fingerprint density at radius 1 is 1.33 bits per heavy atom. The second kappa shape index (κ2) is 5.94. The second-order valence-corrected chi connectivity index (χ2v) is 5.77. The van der Waals surface area contributed by atoms with E-state index in [9.17, 15) is 18.0 Å². The predicted octanol–water partition coefficient (Wildman–Crippen LogP) is 2.91. The Hall–Kier alpha value is -1.12. The van der Waals surface area contributed by atoms with Crippen molar-refractivity contribution in [1.82, 2.24) is 0 Å². The van der Waals surface area contributed by atoms with Crippen LogP contribution in [0.1, 0.15) is 18.4 Å². The summed E-state index contributed by atoms with van der Waals surface area (Å²) in [5.41, 5.74) is 4.09. The van der Waals surface area contributed by atoms with Gasteiger partial charge in [0.25, 0.3) is 0 Å². The van der Waals surface area contributed by atoms with Crippen LogP contribution in [0.25, 0.3) is 0 Å². The van der Waals surface area contributed by atoms with Crippen LogP contribution in [0.4, 0.5) is 18.9 Å². The Labute approximate surface area is 128 Å². The molecule has 21 heavy (non-hydrogen) atoms. The maximum absolute atomic E-state index is 12.8. The van der Waals surface area contributed by atoms with E-state index in [0.717, 1.165) is 6.07 Å². The van der Waals surface area contributed by atoms with Crippen LogP contribution in [0, 0.1) is 0 Å². The highest BCUT2D eigenvalue weighted by atomic mass is 79.9. The number of anilines is 1. The summed E-state index contributed by atoms with van der Waals surface area (Å²) in [6.45, 7) is 0.718. The van der Waals surface area contributed by atoms with E-state index in [1.54, 1.807) is 0 Å². The monoisotopic (exact) mass is 366 g/mol. The van der Waals surface area contributed by atoms with E-state index in [1.165, 1.54) is 12.1 Å². The van der Waals surface area contributed by atoms with Crippen molar-refractivity contribution in [3.63, 3.8) is 0 Å². The molecule has 1 fully saturated rings. The van der Waals surface area contributed by atoms with E-state index in [-0.39, 0.29) is 10.2 Å². The minimum absolute atomic E-state index is 0.0619. The van der Waals surface area contributed by atoms with Crippen molar-refractivity contribution in [2.75, 3.05) is 18.5 Å². The average molecular weight is 367 g/mol. The first-order chi connectivity index (χ1) is 9.72. The molecule has 1 aromatic rings. The van der Waals surface area contributed by atoms with Crippen LogP contribution in [-0.4, -0.2) is 24.7 Å². The summed E-state index contributed by atoms with van der Waals surface area (Å²) in [5, 5.41) is 2.45. The molecule has 1 heterocycles. The van der Waals surface area contributed by atoms with Crippen LogP contribution >= 0.6 is 15.9 Å². The van der Waals surface area contributed by atoms with E-state index in [4.69, 9.17) is 10.5 Å². The number of nitrogens with two attached hydrogens (primary N) is 1. The summed E-state index contributed by atoms with van der Waals surface area (Å²) >= 11 is 2.85. The van der Waals surface area contributed by atoms with Crippen molar-refractivity contribution in [1.29, 1.82) is 0 Å². The molecule has 1 saturated heterocycles. The van der Waals surface area contributed by atoms with Gasteiger partial charge in [-0.05, 0) is 31.0 Å². The lowest BCUT2D eigenvalue weighted by Gasteiger charge is -2.31. The fourth-order valence-electron chi connectivity index (χ4n) is 2.04. The van der Waals surface area contributed by atoms with Gasteiger partial charge in [0.2, 0.25) is 5.91 Å². The molecular formula is C13H14BrF3N2O2. The lowest BCUT2D eigenvalue weighted by molar-refractivity contribution is -0.138. The zero-order valence-electron chi connectivity index (χ0n) is 11.0. The predicted molar refractivity (Wildman–Crippen MR) is 74.7 cm³/mol. The quantitative estimate of drug-likeness (QED) is 0.845. The third kappa shape index (κ3) is 3.75. The summed E-state index contributed by atoms with van der Waals surface area (Å²) in [6.07, 6.45) is -3.83. The first-order valence-corrected chi connectivity index (χ1v) is 7.06. The largest absolute Gasteiger partial charge is 0.417 e. The number of ether oxygens (including phenoxy) is 1. The molecular weight excluding hydrogens is 353 g/mol. The zero-order valence-corrected chi connectivity index (χ0v) is 12.6. The molecule has 116 valence electrons. The SMILES string of the molecule is NC1(C(=O)Nc2ccc(Br)c(C(F)(F)F)c2)CCOCC1. The standard InChI is InChI=1S/C13H14BrF3N2O2/c14-10-2-1-8(7-9(10)13(15,16)17)19-11(20)12(18)3-5-21-6-4-12/h1-2,7H,3-6,18H2,(H,19,20). The Morgan fingerprint density at radius 3 is 2.52 bits per heavy atom. The molecule has 0 aromatic heterocycles. The topological polar surface area (TPSA) is 64.4 Å². The van der Waals surface area contributed by atoms with Crippen molar-refractivity contribution in [3.05, 3.63) is 28.2 Å². The molecule has 0 saturated carbocycles. The molecule has 2 rings (SSSR count). The molecule has 1 aliphatic rings. The van der Waals surface area contributed by atoms with Gasteiger partial charge >= 0.3 is 6.18 Å². The number of nitrogens with one attached hydrogen (secondary N) is 1. The average Bonchev–Trinajstić information content (AvgIpc) is 2.40. The number of amides is 1. The molecule has 0 unspecified atom stereocenters. The van der Waals surface area contributed by atoms with Gasteiger partial charge in [0.15, 0.2) is 0 Å². The van der Waals surface area contributed by atoms with E-state index in [0.29, 0.717) is 26.1 Å². The van der Waals surface area contributed by atoms with Gasteiger partial charge in [-0.15, -0.1) is 0 Å². The van der Waals surface area contributed by atoms with Crippen LogP contribution in [0.2, 0.25) is 0 Å². The number of benzene rings is 1. The number of alkyl halides is 3. The maximum atomic E-state index is 12.8. The highest BCUT2D eigenvalue weighted by molar-refractivity contribution is 9.10. The first-order valence-electron chi connectivity index (χ1n) is 6.27. The molecule has 0 aliphatic carbocycles. The Kier molecular flexibility index (Phi) is 4.60. The number of hydrogen-bond donors (Lipinski definition) is 2. The minimum Gasteiger partial charge on any atom is -0.381 e. The van der Waals surface area contributed by atoms with Gasteiger partial charge < -0.3 is 15.8 Å². The van der Waals surface area contributed by atoms with Crippen LogP contribution < -0.4 is 11.1 Å². The third-order valence-electron chi connectivity index (χ3n) is 3.37. The van der Waals surface area contributed by atoms with Crippen molar-refractivity contribution in [3.8, 4) is 0 Å². The molecule has 1 aliphatic heterocycles. The molecule has 1 amide bonds. The first kappa shape index (κ1) is 16.3. The Morgan fingerprint density at radius 2 is 1.95 bits per heavy atom. The summed E-state index contributed by atoms with van der Waals surface area (Å²) in [5.74, 6) is -0.499. The highest BCUT2D eigenvalue weighted by Gasteiger charge is 2.37. The third-order valence-corrected chi connectivity index (χ3v) is 4.06. The molecule has 0 radical (unpaired) electrons. The van der Waals surface area contributed by atoms with Crippen LogP contribution in [0.15, 0.2) is 22.7 Å². The highest BCUT2D eigenvalue weighted by Crippen LogP contribution is 2.36. The molecule has 4 nitrogen and oxygen atoms in total. The lowest BCUT2D eigenvalue weighted by atomic mass is 9.90. The zero-order chi connectivity index (χ0) is 15.7. The number of hydrogen-bond acceptors (Lipinski definition) is 3. The van der Waals surface area contributed by atoms with E-state index in [1.807, 2.05) is 0 Å². The summed E-state index contributed by atoms with van der Waals surface area (Å²) in [4.78, 5) is 12.2. The van der Waals surface area contributed by atoms with Crippen LogP contribution in [0.5, 0.6) is 0 Å². The van der Waals surface area contributed by atoms with Crippen LogP contribution in [-0.2, 0) is 15.7 Å². The van der Waals surface area contributed by atoms with Gasteiger partial charge in [-0.1, -0.05) is 15.9 Å². The maximum Gasteiger partial charge on any atom is 0.417 e. The van der Waals surface area contributed by atoms with Crippen molar-refractivity contribution < 1.29 is 22.7 Å². The molecule has 3 N–H and O–H groups in total. The smallest absolute Gasteiger partial charge is 0.381 e. The number of carbonyl (C=O) groups excluding carboxylic acids is 1. The Bertz CT molecular complexity index is 543. The summed E-state index contributed by atoms with van der Waals surface area (Å²) in [6, 6.07) is 3.51. The van der Waals surface area contributed by atoms with Gasteiger partial charge in [-0.3, -0.25) is 4.79 Å². The second-order valence-electron chi connectivity index (χ2n) is 4.92. The molecule has 0 atom stereocenters. The van der Waals surface area contributed by atoms with Crippen molar-refractivity contribution >= 4 is 27.5 Å². The molecule has 0 spiro atoms. The lowest BCUT2D eigenvalue weighted by Crippen LogP contribution is -2.54. The fourth-order valence-corrected chi connectivity index (χ4v) is 2.51. The van der Waals surface area contributed by atoms with E-state index >= 15 is 0 Å². The van der Waals surface area contributed by atoms with Crippen molar-refractivity contribution in [2.24, 2.45) is 5.73 Å². The number of rotatable bonds is 2. The van der Waals surface area contributed by atoms with E-state index < -0.39 is 23.2 Å².